The van der Waals surface area contributed by atoms with Crippen LogP contribution in [0.1, 0.15) is 0 Å². The summed E-state index contributed by atoms with van der Waals surface area (Å²) in [5, 5.41) is 13.5. The average Bonchev–Trinajstić information content (AvgIpc) is 2.95. The van der Waals surface area contributed by atoms with Gasteiger partial charge in [0.1, 0.15) is 5.75 Å². The third-order valence-corrected chi connectivity index (χ3v) is 3.61. The summed E-state index contributed by atoms with van der Waals surface area (Å²) in [6, 6.07) is 8.75. The lowest BCUT2D eigenvalue weighted by Crippen LogP contribution is -1.90. The fraction of sp³-hybridized carbons (Fsp3) is 0. The van der Waals surface area contributed by atoms with Crippen molar-refractivity contribution in [3.8, 4) is 28.6 Å². The monoisotopic (exact) mass is 352 g/mol. The summed E-state index contributed by atoms with van der Waals surface area (Å²) >= 11 is 2.96. The van der Waals surface area contributed by atoms with Crippen LogP contribution < -0.4 is 0 Å². The molecule has 3 rings (SSSR count). The second kappa shape index (κ2) is 5.25. The van der Waals surface area contributed by atoms with E-state index in [0.717, 1.165) is 6.07 Å². The fourth-order valence-corrected chi connectivity index (χ4v) is 2.29. The van der Waals surface area contributed by atoms with Gasteiger partial charge in [0.05, 0.1) is 10.0 Å². The normalized spacial score (nSPS) is 10.8. The van der Waals surface area contributed by atoms with E-state index in [4.69, 9.17) is 4.52 Å². The van der Waals surface area contributed by atoms with Crippen molar-refractivity contribution in [2.75, 3.05) is 0 Å². The number of nitrogens with zero attached hydrogens (tertiary/aromatic N) is 2. The van der Waals surface area contributed by atoms with Crippen LogP contribution in [0.15, 0.2) is 45.4 Å². The average molecular weight is 353 g/mol. The van der Waals surface area contributed by atoms with Crippen molar-refractivity contribution < 1.29 is 18.4 Å². The van der Waals surface area contributed by atoms with Crippen LogP contribution in [-0.4, -0.2) is 15.2 Å². The molecule has 2 aromatic carbocycles. The Labute approximate surface area is 126 Å². The minimum absolute atomic E-state index is 0.0166. The first-order valence-electron chi connectivity index (χ1n) is 5.84. The zero-order chi connectivity index (χ0) is 15.0. The lowest BCUT2D eigenvalue weighted by atomic mass is 10.2. The van der Waals surface area contributed by atoms with Gasteiger partial charge in [-0.15, -0.1) is 0 Å². The van der Waals surface area contributed by atoms with Crippen LogP contribution in [0.5, 0.6) is 5.75 Å². The highest BCUT2D eigenvalue weighted by molar-refractivity contribution is 9.10. The number of para-hydroxylation sites is 1. The summed E-state index contributed by atoms with van der Waals surface area (Å²) in [4.78, 5) is 4.09. The second-order valence-electron chi connectivity index (χ2n) is 4.16. The van der Waals surface area contributed by atoms with Gasteiger partial charge in [0.25, 0.3) is 5.89 Å². The van der Waals surface area contributed by atoms with E-state index in [-0.39, 0.29) is 27.5 Å². The molecule has 0 saturated heterocycles. The van der Waals surface area contributed by atoms with Gasteiger partial charge < -0.3 is 9.63 Å². The van der Waals surface area contributed by atoms with Gasteiger partial charge in [-0.05, 0) is 40.2 Å². The summed E-state index contributed by atoms with van der Waals surface area (Å²) in [7, 11) is 0. The van der Waals surface area contributed by atoms with Gasteiger partial charge in [-0.1, -0.05) is 17.3 Å². The zero-order valence-corrected chi connectivity index (χ0v) is 11.9. The number of hydrogen-bond acceptors (Lipinski definition) is 4. The maximum atomic E-state index is 13.5. The van der Waals surface area contributed by atoms with Crippen LogP contribution in [0.3, 0.4) is 0 Å². The molecule has 3 aromatic rings. The van der Waals surface area contributed by atoms with Crippen LogP contribution in [0.4, 0.5) is 8.78 Å². The quantitative estimate of drug-likeness (QED) is 0.704. The molecule has 1 aromatic heterocycles. The molecule has 0 unspecified atom stereocenters. The molecule has 106 valence electrons. The van der Waals surface area contributed by atoms with Crippen LogP contribution >= 0.6 is 15.9 Å². The number of phenolic OH excluding ortho intramolecular Hbond substituents is 1. The number of hydrogen-bond donors (Lipinski definition) is 1. The van der Waals surface area contributed by atoms with E-state index >= 15 is 0 Å². The first-order chi connectivity index (χ1) is 10.1. The van der Waals surface area contributed by atoms with Crippen molar-refractivity contribution in [3.63, 3.8) is 0 Å². The van der Waals surface area contributed by atoms with Crippen molar-refractivity contribution in [1.82, 2.24) is 10.1 Å². The van der Waals surface area contributed by atoms with Gasteiger partial charge in [0.2, 0.25) is 5.82 Å². The molecule has 0 aliphatic rings. The topological polar surface area (TPSA) is 59.2 Å². The molecule has 0 fully saturated rings. The molecular formula is C14H7BrF2N2O2. The molecule has 0 amide bonds. The molecular weight excluding hydrogens is 346 g/mol. The van der Waals surface area contributed by atoms with Crippen molar-refractivity contribution in [2.24, 2.45) is 0 Å². The summed E-state index contributed by atoms with van der Waals surface area (Å²) < 4.78 is 31.6. The standard InChI is InChI=1S/C14H7BrF2N2O2/c15-11-8(5-6-9(16)12(11)17)13-18-14(21-19-13)7-3-1-2-4-10(7)20/h1-6,20H. The van der Waals surface area contributed by atoms with Gasteiger partial charge in [-0.2, -0.15) is 4.98 Å². The number of aromatic nitrogens is 2. The molecule has 0 aliphatic heterocycles. The predicted molar refractivity (Wildman–Crippen MR) is 74.5 cm³/mol. The molecule has 0 atom stereocenters. The maximum absolute atomic E-state index is 13.5. The van der Waals surface area contributed by atoms with Crippen LogP contribution in [0.2, 0.25) is 0 Å². The third kappa shape index (κ3) is 2.40. The Morgan fingerprint density at radius 2 is 1.81 bits per heavy atom. The Balaban J connectivity index is 2.07. The smallest absolute Gasteiger partial charge is 0.261 e. The van der Waals surface area contributed by atoms with Crippen molar-refractivity contribution in [2.45, 2.75) is 0 Å². The Morgan fingerprint density at radius 1 is 1.05 bits per heavy atom. The molecule has 0 bridgehead atoms. The van der Waals surface area contributed by atoms with Gasteiger partial charge in [0.15, 0.2) is 11.6 Å². The van der Waals surface area contributed by atoms with E-state index in [1.165, 1.54) is 12.1 Å². The molecule has 0 saturated carbocycles. The second-order valence-corrected chi connectivity index (χ2v) is 4.96. The van der Waals surface area contributed by atoms with Crippen molar-refractivity contribution >= 4 is 15.9 Å². The SMILES string of the molecule is Oc1ccccc1-c1nc(-c2ccc(F)c(F)c2Br)no1. The summed E-state index contributed by atoms with van der Waals surface area (Å²) in [5.41, 5.74) is 0.606. The number of phenols is 1. The highest BCUT2D eigenvalue weighted by Gasteiger charge is 2.18. The first-order valence-corrected chi connectivity index (χ1v) is 6.63. The van der Waals surface area contributed by atoms with Gasteiger partial charge in [-0.3, -0.25) is 0 Å². The number of benzene rings is 2. The summed E-state index contributed by atoms with van der Waals surface area (Å²) in [5.74, 6) is -1.85. The highest BCUT2D eigenvalue weighted by atomic mass is 79.9. The van der Waals surface area contributed by atoms with Gasteiger partial charge in [0, 0.05) is 5.56 Å². The lowest BCUT2D eigenvalue weighted by Gasteiger charge is -2.01. The van der Waals surface area contributed by atoms with Crippen molar-refractivity contribution in [3.05, 3.63) is 52.5 Å². The Morgan fingerprint density at radius 3 is 2.57 bits per heavy atom. The highest BCUT2D eigenvalue weighted by Crippen LogP contribution is 2.33. The van der Waals surface area contributed by atoms with Crippen LogP contribution in [-0.2, 0) is 0 Å². The molecule has 0 radical (unpaired) electrons. The minimum atomic E-state index is -1.03. The predicted octanol–water partition coefficient (Wildman–Crippen LogP) is 4.15. The molecule has 1 N–H and O–H groups in total. The van der Waals surface area contributed by atoms with E-state index < -0.39 is 11.6 Å². The number of halogens is 3. The fourth-order valence-electron chi connectivity index (χ4n) is 1.80. The Kier molecular flexibility index (Phi) is 3.42. The first kappa shape index (κ1) is 13.7. The van der Waals surface area contributed by atoms with E-state index in [1.807, 2.05) is 0 Å². The van der Waals surface area contributed by atoms with E-state index in [1.54, 1.807) is 18.2 Å². The number of aromatic hydroxyl groups is 1. The maximum Gasteiger partial charge on any atom is 0.261 e. The van der Waals surface area contributed by atoms with Crippen LogP contribution in [0.25, 0.3) is 22.8 Å². The Bertz CT molecular complexity index is 820. The minimum Gasteiger partial charge on any atom is -0.507 e. The molecule has 4 nitrogen and oxygen atoms in total. The lowest BCUT2D eigenvalue weighted by molar-refractivity contribution is 0.425. The summed E-state index contributed by atoms with van der Waals surface area (Å²) in [6.45, 7) is 0. The van der Waals surface area contributed by atoms with E-state index in [2.05, 4.69) is 26.1 Å². The molecule has 1 heterocycles. The van der Waals surface area contributed by atoms with Crippen molar-refractivity contribution in [1.29, 1.82) is 0 Å². The van der Waals surface area contributed by atoms with Crippen LogP contribution in [0, 0.1) is 11.6 Å². The summed E-state index contributed by atoms with van der Waals surface area (Å²) in [6.07, 6.45) is 0. The molecule has 0 aliphatic carbocycles. The zero-order valence-electron chi connectivity index (χ0n) is 10.3. The van der Waals surface area contributed by atoms with E-state index in [9.17, 15) is 13.9 Å². The van der Waals surface area contributed by atoms with Gasteiger partial charge >= 0.3 is 0 Å². The Hall–Kier alpha value is -2.28. The third-order valence-electron chi connectivity index (χ3n) is 2.84. The number of rotatable bonds is 2. The van der Waals surface area contributed by atoms with Gasteiger partial charge in [-0.25, -0.2) is 8.78 Å². The molecule has 0 spiro atoms. The molecule has 21 heavy (non-hydrogen) atoms. The largest absolute Gasteiger partial charge is 0.507 e. The van der Waals surface area contributed by atoms with E-state index in [0.29, 0.717) is 5.56 Å². The molecule has 7 heteroatoms.